The highest BCUT2D eigenvalue weighted by Crippen LogP contribution is 2.15. The quantitative estimate of drug-likeness (QED) is 0.871. The third-order valence-corrected chi connectivity index (χ3v) is 4.22. The first-order chi connectivity index (χ1) is 8.69. The molecular weight excluding hydrogens is 319 g/mol. The number of likely N-dealkylation sites (tertiary alicyclic amines) is 1. The average molecular weight is 341 g/mol. The molecule has 0 unspecified atom stereocenters. The second-order valence-corrected chi connectivity index (χ2v) is 5.73. The van der Waals surface area contributed by atoms with Gasteiger partial charge >= 0.3 is 0 Å². The number of hydrogen-bond acceptors (Lipinski definition) is 5. The minimum atomic E-state index is -0.0788. The van der Waals surface area contributed by atoms with E-state index in [0.29, 0.717) is 18.2 Å². The summed E-state index contributed by atoms with van der Waals surface area (Å²) in [6, 6.07) is 0. The maximum atomic E-state index is 11.9. The highest BCUT2D eigenvalue weighted by molar-refractivity contribution is 7.09. The number of nitrogens with zero attached hydrogens (tertiary/aromatic N) is 2. The van der Waals surface area contributed by atoms with Gasteiger partial charge in [-0.1, -0.05) is 0 Å². The Morgan fingerprint density at radius 3 is 2.70 bits per heavy atom. The molecule has 8 heteroatoms. The molecule has 20 heavy (non-hydrogen) atoms. The van der Waals surface area contributed by atoms with Crippen molar-refractivity contribution in [1.82, 2.24) is 15.2 Å². The van der Waals surface area contributed by atoms with Crippen LogP contribution in [0.4, 0.5) is 0 Å². The van der Waals surface area contributed by atoms with Crippen LogP contribution in [0.15, 0.2) is 5.38 Å². The molecular formula is C12H22Cl2N4OS. The summed E-state index contributed by atoms with van der Waals surface area (Å²) < 4.78 is 0. The number of aromatic nitrogens is 1. The molecule has 116 valence electrons. The molecule has 1 aromatic rings. The summed E-state index contributed by atoms with van der Waals surface area (Å²) in [7, 11) is 2.14. The van der Waals surface area contributed by atoms with Crippen LogP contribution in [0.2, 0.25) is 0 Å². The predicted octanol–water partition coefficient (Wildman–Crippen LogP) is 1.52. The van der Waals surface area contributed by atoms with Gasteiger partial charge in [0.1, 0.15) is 10.7 Å². The second-order valence-electron chi connectivity index (χ2n) is 4.79. The van der Waals surface area contributed by atoms with Gasteiger partial charge in [0, 0.05) is 18.5 Å². The van der Waals surface area contributed by atoms with Crippen LogP contribution in [0.1, 0.15) is 28.3 Å². The van der Waals surface area contributed by atoms with Crippen molar-refractivity contribution in [1.29, 1.82) is 0 Å². The lowest BCUT2D eigenvalue weighted by Gasteiger charge is -2.28. The Balaban J connectivity index is 0.00000180. The number of carbonyl (C=O) groups is 1. The molecule has 1 aliphatic heterocycles. The van der Waals surface area contributed by atoms with Gasteiger partial charge < -0.3 is 16.0 Å². The smallest absolute Gasteiger partial charge is 0.270 e. The van der Waals surface area contributed by atoms with Gasteiger partial charge in [0.2, 0.25) is 0 Å². The Labute approximate surface area is 136 Å². The lowest BCUT2D eigenvalue weighted by molar-refractivity contribution is 0.0934. The molecule has 1 fully saturated rings. The molecule has 1 amide bonds. The average Bonchev–Trinajstić information content (AvgIpc) is 2.86. The topological polar surface area (TPSA) is 71.2 Å². The fraction of sp³-hybridized carbons (Fsp3) is 0.667. The predicted molar refractivity (Wildman–Crippen MR) is 87.1 cm³/mol. The lowest BCUT2D eigenvalue weighted by Crippen LogP contribution is -2.37. The van der Waals surface area contributed by atoms with E-state index in [4.69, 9.17) is 5.73 Å². The summed E-state index contributed by atoms with van der Waals surface area (Å²) in [5, 5.41) is 5.54. The van der Waals surface area contributed by atoms with Crippen molar-refractivity contribution in [3.05, 3.63) is 16.1 Å². The Hall–Kier alpha value is -0.400. The lowest BCUT2D eigenvalue weighted by atomic mass is 9.97. The van der Waals surface area contributed by atoms with Crippen molar-refractivity contribution < 1.29 is 4.79 Å². The van der Waals surface area contributed by atoms with Crippen LogP contribution < -0.4 is 11.1 Å². The molecule has 0 saturated carbocycles. The second kappa shape index (κ2) is 9.52. The SMILES string of the molecule is CN1CCC(CNC(=O)c2csc(CN)n2)CC1.Cl.Cl. The summed E-state index contributed by atoms with van der Waals surface area (Å²) in [5.41, 5.74) is 5.97. The zero-order valence-electron chi connectivity index (χ0n) is 11.5. The van der Waals surface area contributed by atoms with E-state index >= 15 is 0 Å². The van der Waals surface area contributed by atoms with Gasteiger partial charge in [-0.3, -0.25) is 4.79 Å². The van der Waals surface area contributed by atoms with Crippen LogP contribution in [-0.4, -0.2) is 42.5 Å². The van der Waals surface area contributed by atoms with E-state index < -0.39 is 0 Å². The van der Waals surface area contributed by atoms with Gasteiger partial charge in [0.25, 0.3) is 5.91 Å². The van der Waals surface area contributed by atoms with Crippen LogP contribution in [0.25, 0.3) is 0 Å². The normalized spacial score (nSPS) is 16.1. The number of amides is 1. The number of nitrogens with two attached hydrogens (primary N) is 1. The van der Waals surface area contributed by atoms with Crippen molar-refractivity contribution >= 4 is 42.1 Å². The van der Waals surface area contributed by atoms with Crippen molar-refractivity contribution in [2.24, 2.45) is 11.7 Å². The fourth-order valence-corrected chi connectivity index (χ4v) is 2.76. The molecule has 1 aromatic heterocycles. The van der Waals surface area contributed by atoms with Crippen molar-refractivity contribution in [3.63, 3.8) is 0 Å². The highest BCUT2D eigenvalue weighted by atomic mass is 35.5. The molecule has 3 N–H and O–H groups in total. The number of thiazole rings is 1. The highest BCUT2D eigenvalue weighted by Gasteiger charge is 2.18. The van der Waals surface area contributed by atoms with E-state index in [1.807, 2.05) is 0 Å². The minimum Gasteiger partial charge on any atom is -0.350 e. The number of piperidine rings is 1. The third-order valence-electron chi connectivity index (χ3n) is 3.35. The zero-order valence-corrected chi connectivity index (χ0v) is 14.0. The maximum absolute atomic E-state index is 11.9. The fourth-order valence-electron chi connectivity index (χ4n) is 2.10. The Kier molecular flexibility index (Phi) is 9.33. The number of halogens is 2. The molecule has 0 radical (unpaired) electrons. The van der Waals surface area contributed by atoms with E-state index in [2.05, 4.69) is 22.2 Å². The first-order valence-electron chi connectivity index (χ1n) is 6.30. The van der Waals surface area contributed by atoms with Crippen LogP contribution in [-0.2, 0) is 6.54 Å². The van der Waals surface area contributed by atoms with Gasteiger partial charge in [-0.05, 0) is 38.9 Å². The van der Waals surface area contributed by atoms with E-state index in [0.717, 1.165) is 37.5 Å². The largest absolute Gasteiger partial charge is 0.350 e. The van der Waals surface area contributed by atoms with Crippen LogP contribution in [0.5, 0.6) is 0 Å². The van der Waals surface area contributed by atoms with E-state index in [-0.39, 0.29) is 30.7 Å². The van der Waals surface area contributed by atoms with Crippen LogP contribution in [0.3, 0.4) is 0 Å². The van der Waals surface area contributed by atoms with Gasteiger partial charge in [0.05, 0.1) is 0 Å². The molecule has 1 saturated heterocycles. The molecule has 2 heterocycles. The third kappa shape index (κ3) is 5.54. The molecule has 0 aliphatic carbocycles. The van der Waals surface area contributed by atoms with Crippen LogP contribution in [0, 0.1) is 5.92 Å². The number of rotatable bonds is 4. The maximum Gasteiger partial charge on any atom is 0.270 e. The van der Waals surface area contributed by atoms with Crippen molar-refractivity contribution in [3.8, 4) is 0 Å². The summed E-state index contributed by atoms with van der Waals surface area (Å²) >= 11 is 1.44. The molecule has 2 rings (SSSR count). The molecule has 1 aliphatic rings. The van der Waals surface area contributed by atoms with Gasteiger partial charge in [-0.15, -0.1) is 36.2 Å². The van der Waals surface area contributed by atoms with E-state index in [1.165, 1.54) is 11.3 Å². The molecule has 0 spiro atoms. The summed E-state index contributed by atoms with van der Waals surface area (Å²) in [5.74, 6) is 0.516. The summed E-state index contributed by atoms with van der Waals surface area (Å²) in [4.78, 5) is 18.4. The molecule has 5 nitrogen and oxygen atoms in total. The minimum absolute atomic E-state index is 0. The molecule has 0 bridgehead atoms. The Morgan fingerprint density at radius 1 is 1.50 bits per heavy atom. The Bertz CT molecular complexity index is 408. The summed E-state index contributed by atoms with van der Waals surface area (Å²) in [6.07, 6.45) is 2.31. The standard InChI is InChI=1S/C12H20N4OS.2ClH/c1-16-4-2-9(3-5-16)7-14-12(17)10-8-18-11(6-13)15-10;;/h8-9H,2-7,13H2,1H3,(H,14,17);2*1H. The number of hydrogen-bond donors (Lipinski definition) is 2. The van der Waals surface area contributed by atoms with Gasteiger partial charge in [0.15, 0.2) is 0 Å². The zero-order chi connectivity index (χ0) is 13.0. The first-order valence-corrected chi connectivity index (χ1v) is 7.18. The van der Waals surface area contributed by atoms with Gasteiger partial charge in [-0.2, -0.15) is 0 Å². The number of nitrogens with one attached hydrogen (secondary N) is 1. The summed E-state index contributed by atoms with van der Waals surface area (Å²) in [6.45, 7) is 3.39. The van der Waals surface area contributed by atoms with Crippen LogP contribution >= 0.6 is 36.2 Å². The van der Waals surface area contributed by atoms with Crippen molar-refractivity contribution in [2.75, 3.05) is 26.7 Å². The monoisotopic (exact) mass is 340 g/mol. The number of carbonyl (C=O) groups excluding carboxylic acids is 1. The van der Waals surface area contributed by atoms with Gasteiger partial charge in [-0.25, -0.2) is 4.98 Å². The van der Waals surface area contributed by atoms with E-state index in [9.17, 15) is 4.79 Å². The first kappa shape index (κ1) is 19.6. The van der Waals surface area contributed by atoms with Crippen molar-refractivity contribution in [2.45, 2.75) is 19.4 Å². The molecule has 0 atom stereocenters. The van der Waals surface area contributed by atoms with E-state index in [1.54, 1.807) is 5.38 Å². The molecule has 0 aromatic carbocycles. The Morgan fingerprint density at radius 2 is 2.15 bits per heavy atom.